The van der Waals surface area contributed by atoms with Crippen molar-refractivity contribution in [1.82, 2.24) is 4.90 Å². The third kappa shape index (κ3) is 3.51. The molecule has 0 saturated carbocycles. The third-order valence-electron chi connectivity index (χ3n) is 2.00. The maximum atomic E-state index is 11.6. The van der Waals surface area contributed by atoms with Gasteiger partial charge in [-0.05, 0) is 18.2 Å². The van der Waals surface area contributed by atoms with Crippen molar-refractivity contribution >= 4 is 36.0 Å². The molecule has 0 spiro atoms. The Kier molecular flexibility index (Phi) is 5.78. The minimum Gasteiger partial charge on any atom is -0.497 e. The van der Waals surface area contributed by atoms with Crippen LogP contribution in [0, 0.1) is 0 Å². The highest BCUT2D eigenvalue weighted by Crippen LogP contribution is 2.23. The van der Waals surface area contributed by atoms with E-state index in [1.165, 1.54) is 25.3 Å². The van der Waals surface area contributed by atoms with Crippen LogP contribution in [-0.4, -0.2) is 36.2 Å². The van der Waals surface area contributed by atoms with Crippen molar-refractivity contribution in [3.63, 3.8) is 0 Å². The fourth-order valence-corrected chi connectivity index (χ4v) is 1.32. The molecule has 0 aromatic heterocycles. The van der Waals surface area contributed by atoms with Crippen molar-refractivity contribution in [2.75, 3.05) is 14.2 Å². The van der Waals surface area contributed by atoms with Crippen LogP contribution >= 0.6 is 24.0 Å². The average molecular weight is 280 g/mol. The largest absolute Gasteiger partial charge is 0.497 e. The quantitative estimate of drug-likeness (QED) is 0.903. The molecule has 0 atom stereocenters. The first kappa shape index (κ1) is 15.5. The van der Waals surface area contributed by atoms with Gasteiger partial charge < -0.3 is 9.84 Å². The molecule has 0 saturated heterocycles. The number of imide groups is 1. The molecule has 7 heteroatoms. The Morgan fingerprint density at radius 1 is 1.41 bits per heavy atom. The second-order valence-corrected chi connectivity index (χ2v) is 3.40. The Balaban J connectivity index is 0.00000256. The van der Waals surface area contributed by atoms with Crippen molar-refractivity contribution in [2.24, 2.45) is 0 Å². The van der Waals surface area contributed by atoms with Crippen LogP contribution in [0.4, 0.5) is 4.79 Å². The van der Waals surface area contributed by atoms with E-state index in [0.29, 0.717) is 10.6 Å². The first-order valence-electron chi connectivity index (χ1n) is 4.32. The van der Waals surface area contributed by atoms with E-state index in [2.05, 4.69) is 0 Å². The molecule has 0 aliphatic heterocycles. The number of carboxylic acid groups (broad SMARTS) is 1. The summed E-state index contributed by atoms with van der Waals surface area (Å²) in [7, 11) is 2.63. The fourth-order valence-electron chi connectivity index (χ4n) is 1.06. The van der Waals surface area contributed by atoms with Gasteiger partial charge in [0.15, 0.2) is 0 Å². The maximum Gasteiger partial charge on any atom is 0.414 e. The highest BCUT2D eigenvalue weighted by atomic mass is 35.5. The Bertz CT molecular complexity index is 436. The topological polar surface area (TPSA) is 66.8 Å². The lowest BCUT2D eigenvalue weighted by Crippen LogP contribution is -2.31. The molecule has 5 nitrogen and oxygen atoms in total. The molecule has 0 aliphatic rings. The van der Waals surface area contributed by atoms with E-state index in [1.807, 2.05) is 0 Å². The molecule has 0 fully saturated rings. The van der Waals surface area contributed by atoms with Gasteiger partial charge in [0.1, 0.15) is 5.75 Å². The lowest BCUT2D eigenvalue weighted by molar-refractivity contribution is 0.0782. The summed E-state index contributed by atoms with van der Waals surface area (Å²) >= 11 is 5.83. The van der Waals surface area contributed by atoms with Crippen molar-refractivity contribution in [1.29, 1.82) is 0 Å². The highest BCUT2D eigenvalue weighted by Gasteiger charge is 2.20. The number of halogens is 2. The summed E-state index contributed by atoms with van der Waals surface area (Å²) in [5.41, 5.74) is 0.118. The van der Waals surface area contributed by atoms with Gasteiger partial charge in [-0.1, -0.05) is 11.6 Å². The zero-order valence-electron chi connectivity index (χ0n) is 9.14. The summed E-state index contributed by atoms with van der Waals surface area (Å²) in [5.74, 6) is -0.181. The molecule has 0 radical (unpaired) electrons. The molecule has 0 unspecified atom stereocenters. The first-order valence-corrected chi connectivity index (χ1v) is 4.69. The van der Waals surface area contributed by atoms with E-state index in [-0.39, 0.29) is 23.0 Å². The van der Waals surface area contributed by atoms with Crippen LogP contribution in [0.25, 0.3) is 0 Å². The van der Waals surface area contributed by atoms with Gasteiger partial charge in [-0.25, -0.2) is 9.69 Å². The summed E-state index contributed by atoms with van der Waals surface area (Å²) in [4.78, 5) is 22.8. The second kappa shape index (κ2) is 6.32. The summed E-state index contributed by atoms with van der Waals surface area (Å²) in [5, 5.41) is 8.79. The van der Waals surface area contributed by atoms with Crippen LogP contribution < -0.4 is 4.74 Å². The SMILES string of the molecule is COc1ccc(C(=O)N(C)C(=O)O)c(Cl)c1.Cl. The molecule has 17 heavy (non-hydrogen) atoms. The zero-order valence-corrected chi connectivity index (χ0v) is 10.7. The van der Waals surface area contributed by atoms with Crippen LogP contribution in [-0.2, 0) is 0 Å². The van der Waals surface area contributed by atoms with Gasteiger partial charge in [0.05, 0.1) is 17.7 Å². The van der Waals surface area contributed by atoms with E-state index < -0.39 is 12.0 Å². The lowest BCUT2D eigenvalue weighted by Gasteiger charge is -2.12. The average Bonchev–Trinajstić information content (AvgIpc) is 2.26. The van der Waals surface area contributed by atoms with Crippen LogP contribution in [0.2, 0.25) is 5.02 Å². The predicted octanol–water partition coefficient (Wildman–Crippen LogP) is 2.52. The van der Waals surface area contributed by atoms with Crippen molar-refractivity contribution < 1.29 is 19.4 Å². The Morgan fingerprint density at radius 3 is 2.41 bits per heavy atom. The van der Waals surface area contributed by atoms with Gasteiger partial charge in [0, 0.05) is 7.05 Å². The molecule has 94 valence electrons. The summed E-state index contributed by atoms with van der Waals surface area (Å²) in [6, 6.07) is 4.40. The molecule has 0 bridgehead atoms. The number of rotatable bonds is 2. The minimum atomic E-state index is -1.34. The number of methoxy groups -OCH3 is 1. The molecule has 1 aromatic rings. The number of hydrogen-bond donors (Lipinski definition) is 1. The van der Waals surface area contributed by atoms with E-state index in [9.17, 15) is 9.59 Å². The minimum absolute atomic E-state index is 0. The van der Waals surface area contributed by atoms with Crippen molar-refractivity contribution in [2.45, 2.75) is 0 Å². The van der Waals surface area contributed by atoms with Gasteiger partial charge in [0.25, 0.3) is 5.91 Å². The molecule has 1 N–H and O–H groups in total. The Hall–Kier alpha value is -1.46. The maximum absolute atomic E-state index is 11.6. The zero-order chi connectivity index (χ0) is 12.3. The van der Waals surface area contributed by atoms with Gasteiger partial charge in [0.2, 0.25) is 0 Å². The standard InChI is InChI=1S/C10H10ClNO4.ClH/c1-12(10(14)15)9(13)7-4-3-6(16-2)5-8(7)11;/h3-5H,1-2H3,(H,14,15);1H. The van der Waals surface area contributed by atoms with Gasteiger partial charge in [-0.3, -0.25) is 4.79 Å². The van der Waals surface area contributed by atoms with E-state index in [1.54, 1.807) is 0 Å². The summed E-state index contributed by atoms with van der Waals surface area (Å²) < 4.78 is 4.91. The number of benzene rings is 1. The number of ether oxygens (including phenoxy) is 1. The van der Waals surface area contributed by atoms with Crippen LogP contribution in [0.1, 0.15) is 10.4 Å². The van der Waals surface area contributed by atoms with Crippen LogP contribution in [0.3, 0.4) is 0 Å². The van der Waals surface area contributed by atoms with E-state index in [0.717, 1.165) is 7.05 Å². The monoisotopic (exact) mass is 279 g/mol. The summed E-state index contributed by atoms with van der Waals surface area (Å²) in [6.07, 6.45) is -1.34. The summed E-state index contributed by atoms with van der Waals surface area (Å²) in [6.45, 7) is 0. The second-order valence-electron chi connectivity index (χ2n) is 2.99. The molecule has 1 rings (SSSR count). The third-order valence-corrected chi connectivity index (χ3v) is 2.31. The number of amides is 2. The van der Waals surface area contributed by atoms with Crippen LogP contribution in [0.5, 0.6) is 5.75 Å². The van der Waals surface area contributed by atoms with Crippen LogP contribution in [0.15, 0.2) is 18.2 Å². The lowest BCUT2D eigenvalue weighted by atomic mass is 10.2. The number of carbonyl (C=O) groups is 2. The highest BCUT2D eigenvalue weighted by molar-refractivity contribution is 6.34. The fraction of sp³-hybridized carbons (Fsp3) is 0.200. The molecule has 2 amide bonds. The molecule has 0 aliphatic carbocycles. The smallest absolute Gasteiger partial charge is 0.414 e. The molecule has 0 heterocycles. The molecule has 1 aromatic carbocycles. The van der Waals surface area contributed by atoms with Gasteiger partial charge in [-0.2, -0.15) is 0 Å². The number of carbonyl (C=O) groups excluding carboxylic acids is 1. The van der Waals surface area contributed by atoms with Gasteiger partial charge in [-0.15, -0.1) is 12.4 Å². The Labute approximate surface area is 109 Å². The predicted molar refractivity (Wildman–Crippen MR) is 65.4 cm³/mol. The van der Waals surface area contributed by atoms with Gasteiger partial charge >= 0.3 is 6.09 Å². The van der Waals surface area contributed by atoms with Crippen molar-refractivity contribution in [3.8, 4) is 5.75 Å². The van der Waals surface area contributed by atoms with E-state index in [4.69, 9.17) is 21.4 Å². The Morgan fingerprint density at radius 2 is 2.00 bits per heavy atom. The first-order chi connectivity index (χ1) is 7.47. The number of nitrogens with zero attached hydrogens (tertiary/aromatic N) is 1. The normalized spacial score (nSPS) is 9.12. The molecular weight excluding hydrogens is 269 g/mol. The number of hydrogen-bond acceptors (Lipinski definition) is 3. The van der Waals surface area contributed by atoms with E-state index >= 15 is 0 Å². The van der Waals surface area contributed by atoms with Crippen molar-refractivity contribution in [3.05, 3.63) is 28.8 Å². The molecular formula is C10H11Cl2NO4.